The fraction of sp³-hybridized carbons (Fsp3) is 0.625. The molecule has 108 valence electrons. The molecule has 1 atom stereocenters. The van der Waals surface area contributed by atoms with E-state index in [-0.39, 0.29) is 12.6 Å². The molecule has 0 bridgehead atoms. The summed E-state index contributed by atoms with van der Waals surface area (Å²) in [6.45, 7) is 10.2. The maximum atomic E-state index is 9.08. The van der Waals surface area contributed by atoms with Gasteiger partial charge in [-0.05, 0) is 62.9 Å². The van der Waals surface area contributed by atoms with E-state index in [0.29, 0.717) is 6.61 Å². The molecule has 3 heteroatoms. The van der Waals surface area contributed by atoms with E-state index in [0.717, 1.165) is 25.1 Å². The maximum absolute atomic E-state index is 9.08. The molecule has 0 aliphatic heterocycles. The van der Waals surface area contributed by atoms with Crippen molar-refractivity contribution >= 4 is 0 Å². The van der Waals surface area contributed by atoms with Crippen molar-refractivity contribution in [3.63, 3.8) is 0 Å². The summed E-state index contributed by atoms with van der Waals surface area (Å²) in [5.41, 5.74) is 3.68. The molecule has 2 N–H and O–H groups in total. The van der Waals surface area contributed by atoms with Crippen LogP contribution in [-0.2, 0) is 0 Å². The molecule has 0 fully saturated rings. The molecule has 0 aliphatic rings. The van der Waals surface area contributed by atoms with Gasteiger partial charge >= 0.3 is 0 Å². The first-order valence-corrected chi connectivity index (χ1v) is 7.13. The summed E-state index contributed by atoms with van der Waals surface area (Å²) in [6, 6.07) is 4.46. The fourth-order valence-electron chi connectivity index (χ4n) is 2.09. The summed E-state index contributed by atoms with van der Waals surface area (Å²) in [5, 5.41) is 12.5. The van der Waals surface area contributed by atoms with Gasteiger partial charge in [0.1, 0.15) is 12.4 Å². The second-order valence-corrected chi connectivity index (χ2v) is 5.18. The fourth-order valence-corrected chi connectivity index (χ4v) is 2.09. The number of nitrogens with one attached hydrogen (secondary N) is 1. The van der Waals surface area contributed by atoms with Crippen LogP contribution in [0.25, 0.3) is 0 Å². The van der Waals surface area contributed by atoms with Crippen LogP contribution in [0.4, 0.5) is 0 Å². The Bertz CT molecular complexity index is 391. The Balaban J connectivity index is 2.62. The molecule has 19 heavy (non-hydrogen) atoms. The van der Waals surface area contributed by atoms with Gasteiger partial charge in [0.25, 0.3) is 0 Å². The first-order chi connectivity index (χ1) is 9.08. The quantitative estimate of drug-likeness (QED) is 0.759. The van der Waals surface area contributed by atoms with Gasteiger partial charge in [-0.25, -0.2) is 0 Å². The zero-order valence-corrected chi connectivity index (χ0v) is 12.6. The summed E-state index contributed by atoms with van der Waals surface area (Å²) < 4.78 is 5.94. The second-order valence-electron chi connectivity index (χ2n) is 5.18. The van der Waals surface area contributed by atoms with Gasteiger partial charge in [-0.2, -0.15) is 0 Å². The Hall–Kier alpha value is -1.06. The summed E-state index contributed by atoms with van der Waals surface area (Å²) >= 11 is 0. The molecule has 1 aromatic rings. The zero-order valence-electron chi connectivity index (χ0n) is 12.6. The number of hydrogen-bond donors (Lipinski definition) is 2. The average molecular weight is 265 g/mol. The zero-order chi connectivity index (χ0) is 14.3. The summed E-state index contributed by atoms with van der Waals surface area (Å²) in [7, 11) is 0. The van der Waals surface area contributed by atoms with E-state index in [1.807, 2.05) is 0 Å². The van der Waals surface area contributed by atoms with Gasteiger partial charge in [-0.15, -0.1) is 0 Å². The minimum Gasteiger partial charge on any atom is -0.492 e. The molecule has 0 amide bonds. The predicted octanol–water partition coefficient (Wildman–Crippen LogP) is 2.74. The van der Waals surface area contributed by atoms with Crippen molar-refractivity contribution in [3.8, 4) is 5.75 Å². The lowest BCUT2D eigenvalue weighted by Gasteiger charge is -2.20. The van der Waals surface area contributed by atoms with Crippen LogP contribution in [0, 0.1) is 20.8 Å². The Morgan fingerprint density at radius 1 is 1.26 bits per heavy atom. The van der Waals surface area contributed by atoms with Crippen molar-refractivity contribution in [1.82, 2.24) is 5.32 Å². The molecule has 0 spiro atoms. The number of rotatable bonds is 8. The third kappa shape index (κ3) is 5.21. The molecule has 3 nitrogen and oxygen atoms in total. The van der Waals surface area contributed by atoms with E-state index in [4.69, 9.17) is 9.84 Å². The molecular formula is C16H27NO2. The monoisotopic (exact) mass is 265 g/mol. The van der Waals surface area contributed by atoms with Crippen LogP contribution in [0.3, 0.4) is 0 Å². The number of benzene rings is 1. The molecular weight excluding hydrogens is 238 g/mol. The molecule has 0 radical (unpaired) electrons. The number of aliphatic hydroxyl groups is 1. The molecule has 0 aliphatic carbocycles. The molecule has 0 saturated heterocycles. The minimum absolute atomic E-state index is 0.191. The van der Waals surface area contributed by atoms with Crippen LogP contribution in [0.15, 0.2) is 12.1 Å². The highest BCUT2D eigenvalue weighted by Crippen LogP contribution is 2.23. The van der Waals surface area contributed by atoms with Gasteiger partial charge in [0, 0.05) is 12.6 Å². The van der Waals surface area contributed by atoms with Crippen LogP contribution in [0.5, 0.6) is 5.75 Å². The summed E-state index contributed by atoms with van der Waals surface area (Å²) in [4.78, 5) is 0. The van der Waals surface area contributed by atoms with E-state index in [1.165, 1.54) is 16.7 Å². The van der Waals surface area contributed by atoms with E-state index < -0.39 is 0 Å². The minimum atomic E-state index is 0.191. The van der Waals surface area contributed by atoms with Crippen molar-refractivity contribution in [1.29, 1.82) is 0 Å². The molecule has 1 unspecified atom stereocenters. The van der Waals surface area contributed by atoms with Gasteiger partial charge in [-0.3, -0.25) is 0 Å². The van der Waals surface area contributed by atoms with Crippen molar-refractivity contribution in [3.05, 3.63) is 28.8 Å². The maximum Gasteiger partial charge on any atom is 0.122 e. The Labute approximate surface area is 117 Å². The number of aryl methyl sites for hydroxylation is 2. The van der Waals surface area contributed by atoms with Crippen LogP contribution in [-0.4, -0.2) is 30.9 Å². The van der Waals surface area contributed by atoms with E-state index in [1.54, 1.807) is 0 Å². The molecule has 0 heterocycles. The van der Waals surface area contributed by atoms with Gasteiger partial charge in [-0.1, -0.05) is 13.0 Å². The highest BCUT2D eigenvalue weighted by Gasteiger charge is 2.10. The van der Waals surface area contributed by atoms with Crippen molar-refractivity contribution in [2.75, 3.05) is 19.8 Å². The number of ether oxygens (including phenoxy) is 1. The Kier molecular flexibility index (Phi) is 6.89. The van der Waals surface area contributed by atoms with Gasteiger partial charge in [0.15, 0.2) is 0 Å². The van der Waals surface area contributed by atoms with Crippen LogP contribution >= 0.6 is 0 Å². The second kappa shape index (κ2) is 8.18. The Morgan fingerprint density at radius 3 is 2.63 bits per heavy atom. The standard InChI is InChI=1S/C16H27NO2/c1-5-7-17-15(6-8-18)11-19-16-10-12(2)9-13(3)14(16)4/h9-10,15,17-18H,5-8,11H2,1-4H3. The van der Waals surface area contributed by atoms with Crippen molar-refractivity contribution in [2.45, 2.75) is 46.6 Å². The van der Waals surface area contributed by atoms with Crippen LogP contribution in [0.1, 0.15) is 36.5 Å². The third-order valence-corrected chi connectivity index (χ3v) is 3.36. The van der Waals surface area contributed by atoms with Crippen molar-refractivity contribution in [2.24, 2.45) is 0 Å². The van der Waals surface area contributed by atoms with Gasteiger partial charge < -0.3 is 15.2 Å². The highest BCUT2D eigenvalue weighted by atomic mass is 16.5. The van der Waals surface area contributed by atoms with Crippen LogP contribution in [0.2, 0.25) is 0 Å². The van der Waals surface area contributed by atoms with Gasteiger partial charge in [0.05, 0.1) is 0 Å². The average Bonchev–Trinajstić information content (AvgIpc) is 2.38. The first-order valence-electron chi connectivity index (χ1n) is 7.13. The molecule has 0 saturated carbocycles. The van der Waals surface area contributed by atoms with E-state index in [2.05, 4.69) is 45.1 Å². The lowest BCUT2D eigenvalue weighted by atomic mass is 10.1. The third-order valence-electron chi connectivity index (χ3n) is 3.36. The SMILES string of the molecule is CCCNC(CCO)COc1cc(C)cc(C)c1C. The number of hydrogen-bond acceptors (Lipinski definition) is 3. The molecule has 0 aromatic heterocycles. The van der Waals surface area contributed by atoms with Crippen molar-refractivity contribution < 1.29 is 9.84 Å². The lowest BCUT2D eigenvalue weighted by molar-refractivity contribution is 0.213. The lowest BCUT2D eigenvalue weighted by Crippen LogP contribution is -2.36. The molecule has 1 aromatic carbocycles. The smallest absolute Gasteiger partial charge is 0.122 e. The highest BCUT2D eigenvalue weighted by molar-refractivity contribution is 5.41. The number of aliphatic hydroxyl groups excluding tert-OH is 1. The predicted molar refractivity (Wildman–Crippen MR) is 79.9 cm³/mol. The summed E-state index contributed by atoms with van der Waals surface area (Å²) in [5.74, 6) is 0.957. The topological polar surface area (TPSA) is 41.5 Å². The van der Waals surface area contributed by atoms with Crippen LogP contribution < -0.4 is 10.1 Å². The molecule has 1 rings (SSSR count). The van der Waals surface area contributed by atoms with Gasteiger partial charge in [0.2, 0.25) is 0 Å². The normalized spacial score (nSPS) is 12.5. The van der Waals surface area contributed by atoms with E-state index >= 15 is 0 Å². The van der Waals surface area contributed by atoms with E-state index in [9.17, 15) is 0 Å². The largest absolute Gasteiger partial charge is 0.492 e. The Morgan fingerprint density at radius 2 is 2.00 bits per heavy atom. The first kappa shape index (κ1) is 16.0. The summed E-state index contributed by atoms with van der Waals surface area (Å²) in [6.07, 6.45) is 1.81.